The molecule has 9 nitrogen and oxygen atoms in total. The number of halogens is 3. The molecule has 35 heavy (non-hydrogen) atoms. The molecule has 12 heteroatoms. The first kappa shape index (κ1) is 25.1. The van der Waals surface area contributed by atoms with Crippen LogP contribution in [0.4, 0.5) is 20.2 Å². The summed E-state index contributed by atoms with van der Waals surface area (Å²) in [4.78, 5) is 20.9. The molecule has 1 saturated heterocycles. The summed E-state index contributed by atoms with van der Waals surface area (Å²) in [7, 11) is 0. The minimum atomic E-state index is -2.39. The summed E-state index contributed by atoms with van der Waals surface area (Å²) in [6, 6.07) is 3.61. The Balaban J connectivity index is 1.62. The first-order valence-corrected chi connectivity index (χ1v) is 11.5. The number of hydrogen-bond donors (Lipinski definition) is 4. The number of alkyl halides is 2. The van der Waals surface area contributed by atoms with E-state index in [1.54, 1.807) is 17.9 Å². The van der Waals surface area contributed by atoms with E-state index in [4.69, 9.17) is 21.7 Å². The molecule has 1 atom stereocenters. The molecule has 0 bridgehead atoms. The smallest absolute Gasteiger partial charge is 0.261 e. The van der Waals surface area contributed by atoms with Crippen LogP contribution in [-0.4, -0.2) is 79.7 Å². The molecular formula is C23H27ClF2N6O3. The maximum atomic E-state index is 13.1. The van der Waals surface area contributed by atoms with Crippen LogP contribution in [0.3, 0.4) is 0 Å². The van der Waals surface area contributed by atoms with Gasteiger partial charge in [0.2, 0.25) is 0 Å². The summed E-state index contributed by atoms with van der Waals surface area (Å²) >= 11 is 5.86. The Bertz CT molecular complexity index is 1100. The summed E-state index contributed by atoms with van der Waals surface area (Å²) in [6.45, 7) is 3.23. The third-order valence-corrected chi connectivity index (χ3v) is 6.31. The zero-order valence-electron chi connectivity index (χ0n) is 19.2. The first-order chi connectivity index (χ1) is 16.7. The van der Waals surface area contributed by atoms with Crippen molar-refractivity contribution < 1.29 is 23.4 Å². The van der Waals surface area contributed by atoms with Crippen molar-refractivity contribution in [2.45, 2.75) is 25.4 Å². The molecule has 3 aliphatic rings. The Kier molecular flexibility index (Phi) is 7.39. The highest BCUT2D eigenvalue weighted by atomic mass is 35.5. The number of aliphatic imine (C=N–C) groups is 1. The van der Waals surface area contributed by atoms with Gasteiger partial charge in [0.05, 0.1) is 35.1 Å². The molecule has 1 aromatic rings. The number of carbonyl (C=O) groups is 1. The summed E-state index contributed by atoms with van der Waals surface area (Å²) in [5.74, 6) is 0.238. The Hall–Kier alpha value is -3.02. The summed E-state index contributed by atoms with van der Waals surface area (Å²) in [5.41, 5.74) is 1.23. The third-order valence-electron chi connectivity index (χ3n) is 6.10. The number of hydrogen-bond acceptors (Lipinski definition) is 8. The van der Waals surface area contributed by atoms with Gasteiger partial charge in [0.25, 0.3) is 12.3 Å². The summed E-state index contributed by atoms with van der Waals surface area (Å²) in [6.07, 6.45) is 1.81. The van der Waals surface area contributed by atoms with Gasteiger partial charge in [-0.25, -0.2) is 13.8 Å². The van der Waals surface area contributed by atoms with Crippen molar-refractivity contribution in [2.75, 3.05) is 49.5 Å². The number of ether oxygens (including phenoxy) is 1. The Morgan fingerprint density at radius 3 is 2.74 bits per heavy atom. The first-order valence-electron chi connectivity index (χ1n) is 11.2. The quantitative estimate of drug-likeness (QED) is 0.332. The van der Waals surface area contributed by atoms with Crippen LogP contribution in [0.15, 0.2) is 39.8 Å². The summed E-state index contributed by atoms with van der Waals surface area (Å²) in [5, 5.41) is 23.5. The lowest BCUT2D eigenvalue weighted by atomic mass is 9.99. The minimum absolute atomic E-state index is 0.00585. The van der Waals surface area contributed by atoms with Crippen LogP contribution in [0.25, 0.3) is 0 Å². The Labute approximate surface area is 206 Å². The molecule has 3 aliphatic heterocycles. The number of carbonyl (C=O) groups excluding carboxylic acids is 1. The van der Waals surface area contributed by atoms with Crippen molar-refractivity contribution in [1.82, 2.24) is 10.2 Å². The number of nitrogens with one attached hydrogen (secondary N) is 3. The van der Waals surface area contributed by atoms with Crippen molar-refractivity contribution in [3.63, 3.8) is 0 Å². The molecule has 0 aromatic heterocycles. The van der Waals surface area contributed by atoms with Gasteiger partial charge in [0, 0.05) is 62.9 Å². The molecule has 188 valence electrons. The van der Waals surface area contributed by atoms with Gasteiger partial charge in [-0.05, 0) is 13.0 Å². The molecule has 1 aromatic carbocycles. The monoisotopic (exact) mass is 508 g/mol. The normalized spacial score (nSPS) is 23.4. The van der Waals surface area contributed by atoms with Crippen LogP contribution in [0.5, 0.6) is 5.75 Å². The molecule has 0 spiro atoms. The second-order valence-corrected chi connectivity index (χ2v) is 9.27. The maximum Gasteiger partial charge on any atom is 0.261 e. The average molecular weight is 509 g/mol. The van der Waals surface area contributed by atoms with Crippen LogP contribution in [-0.2, 0) is 11.2 Å². The molecule has 1 unspecified atom stereocenters. The molecule has 1 amide bonds. The van der Waals surface area contributed by atoms with E-state index in [-0.39, 0.29) is 24.5 Å². The number of aliphatic hydroxyl groups is 1. The van der Waals surface area contributed by atoms with Crippen LogP contribution < -0.4 is 20.3 Å². The van der Waals surface area contributed by atoms with E-state index in [2.05, 4.69) is 15.6 Å². The number of aliphatic hydroxyl groups excluding tert-OH is 1. The van der Waals surface area contributed by atoms with E-state index >= 15 is 0 Å². The number of fused-ring (bicyclic) bond motifs is 1. The zero-order chi connectivity index (χ0) is 25.2. The van der Waals surface area contributed by atoms with Gasteiger partial charge >= 0.3 is 0 Å². The molecule has 4 rings (SSSR count). The van der Waals surface area contributed by atoms with Crippen LogP contribution >= 0.6 is 11.6 Å². The van der Waals surface area contributed by atoms with Crippen molar-refractivity contribution in [1.29, 1.82) is 5.41 Å². The molecule has 0 saturated carbocycles. The van der Waals surface area contributed by atoms with Gasteiger partial charge in [-0.1, -0.05) is 11.6 Å². The van der Waals surface area contributed by atoms with Gasteiger partial charge < -0.3 is 30.8 Å². The van der Waals surface area contributed by atoms with E-state index in [1.165, 1.54) is 12.4 Å². The van der Waals surface area contributed by atoms with Crippen LogP contribution in [0.1, 0.15) is 12.5 Å². The maximum absolute atomic E-state index is 13.1. The number of anilines is 2. The number of benzene rings is 1. The van der Waals surface area contributed by atoms with E-state index in [9.17, 15) is 18.7 Å². The number of allylic oxidation sites excluding steroid dienone is 1. The molecular weight excluding hydrogens is 482 g/mol. The van der Waals surface area contributed by atoms with Gasteiger partial charge in [-0.2, -0.15) is 0 Å². The fourth-order valence-electron chi connectivity index (χ4n) is 4.28. The van der Waals surface area contributed by atoms with Crippen molar-refractivity contribution in [2.24, 2.45) is 4.99 Å². The Morgan fingerprint density at radius 2 is 2.14 bits per heavy atom. The molecule has 1 fully saturated rings. The van der Waals surface area contributed by atoms with E-state index in [0.717, 1.165) is 11.8 Å². The lowest BCUT2D eigenvalue weighted by molar-refractivity contribution is -0.112. The SMILES string of the molecule is CC1(CO)Cc2cc(NC(=O)/C(C=N)=C3\N=CC(Cl)=CN3)c(N3CCN(CC(F)F)CC3)cc2O1. The highest BCUT2D eigenvalue weighted by molar-refractivity contribution is 6.39. The lowest BCUT2D eigenvalue weighted by Crippen LogP contribution is -2.48. The highest BCUT2D eigenvalue weighted by Crippen LogP contribution is 2.42. The predicted octanol–water partition coefficient (Wildman–Crippen LogP) is 2.31. The second-order valence-electron chi connectivity index (χ2n) is 8.84. The molecule has 0 aliphatic carbocycles. The van der Waals surface area contributed by atoms with Gasteiger partial charge in [0.15, 0.2) is 0 Å². The van der Waals surface area contributed by atoms with E-state index in [0.29, 0.717) is 54.8 Å². The van der Waals surface area contributed by atoms with Crippen molar-refractivity contribution in [3.05, 3.63) is 40.3 Å². The van der Waals surface area contributed by atoms with Gasteiger partial charge in [-0.3, -0.25) is 9.69 Å². The number of amides is 1. The second kappa shape index (κ2) is 10.3. The molecule has 0 radical (unpaired) electrons. The lowest BCUT2D eigenvalue weighted by Gasteiger charge is -2.37. The fraction of sp³-hybridized carbons (Fsp3) is 0.435. The minimum Gasteiger partial charge on any atom is -0.484 e. The fourth-order valence-corrected chi connectivity index (χ4v) is 4.39. The van der Waals surface area contributed by atoms with Crippen molar-refractivity contribution in [3.8, 4) is 5.75 Å². The number of piperazine rings is 1. The molecule has 4 N–H and O–H groups in total. The van der Waals surface area contributed by atoms with Crippen LogP contribution in [0, 0.1) is 5.41 Å². The Morgan fingerprint density at radius 1 is 1.40 bits per heavy atom. The van der Waals surface area contributed by atoms with Crippen LogP contribution in [0.2, 0.25) is 0 Å². The standard InChI is InChI=1S/C23H27ClF2N6O3/c1-23(13-33)8-14-6-17(30-22(34)16(9-27)21-28-10-15(24)11-29-21)18(7-19(14)35-23)32-4-2-31(3-5-32)12-20(25)26/h6-7,9-11,20,27-28,33H,2-5,8,12-13H2,1H3,(H,30,34)/b21-16-,27-9?. The number of nitrogens with zero attached hydrogens (tertiary/aromatic N) is 3. The predicted molar refractivity (Wildman–Crippen MR) is 131 cm³/mol. The highest BCUT2D eigenvalue weighted by Gasteiger charge is 2.36. The zero-order valence-corrected chi connectivity index (χ0v) is 19.9. The average Bonchev–Trinajstić information content (AvgIpc) is 3.16. The third kappa shape index (κ3) is 5.63. The van der Waals surface area contributed by atoms with Gasteiger partial charge in [0.1, 0.15) is 17.2 Å². The van der Waals surface area contributed by atoms with E-state index < -0.39 is 17.9 Å². The topological polar surface area (TPSA) is 113 Å². The largest absolute Gasteiger partial charge is 0.484 e. The van der Waals surface area contributed by atoms with E-state index in [1.807, 2.05) is 11.0 Å². The van der Waals surface area contributed by atoms with Crippen molar-refractivity contribution >= 4 is 41.3 Å². The molecule has 3 heterocycles. The summed E-state index contributed by atoms with van der Waals surface area (Å²) < 4.78 is 31.6. The number of rotatable bonds is 7. The van der Waals surface area contributed by atoms with Gasteiger partial charge in [-0.15, -0.1) is 0 Å².